The van der Waals surface area contributed by atoms with Crippen molar-refractivity contribution in [2.24, 2.45) is 0 Å². The summed E-state index contributed by atoms with van der Waals surface area (Å²) in [5, 5.41) is 12.0. The molecule has 102 valence electrons. The van der Waals surface area contributed by atoms with Gasteiger partial charge in [-0.1, -0.05) is 11.6 Å². The molecule has 7 heteroatoms. The smallest absolute Gasteiger partial charge is 0.337 e. The van der Waals surface area contributed by atoms with Gasteiger partial charge in [-0.3, -0.25) is 0 Å². The van der Waals surface area contributed by atoms with Crippen LogP contribution in [0.4, 0.5) is 10.5 Å². The maximum Gasteiger partial charge on any atom is 0.337 e. The molecule has 0 atom stereocenters. The number of carbonyl (C=O) groups excluding carboxylic acids is 1. The molecule has 0 spiro atoms. The van der Waals surface area contributed by atoms with Crippen molar-refractivity contribution in [2.75, 3.05) is 29.9 Å². The third-order valence-electron chi connectivity index (χ3n) is 2.75. The second kappa shape index (κ2) is 6.16. The van der Waals surface area contributed by atoms with E-state index in [0.717, 1.165) is 11.5 Å². The summed E-state index contributed by atoms with van der Waals surface area (Å²) in [6, 6.07) is 4.11. The van der Waals surface area contributed by atoms with Crippen molar-refractivity contribution in [1.82, 2.24) is 4.90 Å². The summed E-state index contributed by atoms with van der Waals surface area (Å²) in [6.45, 7) is 1.35. The Labute approximate surface area is 119 Å². The Morgan fingerprint density at radius 3 is 2.63 bits per heavy atom. The molecular weight excluding hydrogens is 288 g/mol. The van der Waals surface area contributed by atoms with E-state index in [1.165, 1.54) is 12.1 Å². The number of carboxylic acids is 1. The number of urea groups is 1. The Morgan fingerprint density at radius 1 is 1.32 bits per heavy atom. The van der Waals surface area contributed by atoms with Gasteiger partial charge >= 0.3 is 12.0 Å². The minimum Gasteiger partial charge on any atom is -0.478 e. The predicted molar refractivity (Wildman–Crippen MR) is 76.3 cm³/mol. The molecule has 0 radical (unpaired) electrons. The van der Waals surface area contributed by atoms with Crippen molar-refractivity contribution in [1.29, 1.82) is 0 Å². The van der Waals surface area contributed by atoms with E-state index in [-0.39, 0.29) is 17.3 Å². The zero-order chi connectivity index (χ0) is 13.8. The zero-order valence-electron chi connectivity index (χ0n) is 10.1. The second-order valence-electron chi connectivity index (χ2n) is 4.02. The molecule has 0 saturated carbocycles. The van der Waals surface area contributed by atoms with E-state index in [2.05, 4.69) is 5.32 Å². The van der Waals surface area contributed by atoms with Crippen molar-refractivity contribution >= 4 is 41.1 Å². The van der Waals surface area contributed by atoms with Crippen LogP contribution in [-0.2, 0) is 0 Å². The fourth-order valence-electron chi connectivity index (χ4n) is 1.76. The minimum atomic E-state index is -1.12. The molecule has 1 aromatic carbocycles. The van der Waals surface area contributed by atoms with Gasteiger partial charge in [-0.2, -0.15) is 11.8 Å². The molecule has 1 heterocycles. The van der Waals surface area contributed by atoms with E-state index in [1.807, 2.05) is 0 Å². The van der Waals surface area contributed by atoms with Gasteiger partial charge in [0.25, 0.3) is 0 Å². The second-order valence-corrected chi connectivity index (χ2v) is 5.69. The number of thioether (sulfide) groups is 1. The van der Waals surface area contributed by atoms with Gasteiger partial charge in [0.2, 0.25) is 0 Å². The van der Waals surface area contributed by atoms with Crippen molar-refractivity contribution in [2.45, 2.75) is 0 Å². The van der Waals surface area contributed by atoms with Gasteiger partial charge in [-0.05, 0) is 18.2 Å². The van der Waals surface area contributed by atoms with Crippen LogP contribution >= 0.6 is 23.4 Å². The molecule has 0 unspecified atom stereocenters. The van der Waals surface area contributed by atoms with Crippen LogP contribution in [0.5, 0.6) is 0 Å². The Balaban J connectivity index is 2.13. The van der Waals surface area contributed by atoms with Gasteiger partial charge in [0.1, 0.15) is 0 Å². The highest BCUT2D eigenvalue weighted by Gasteiger charge is 2.19. The SMILES string of the molecule is O=C(O)c1cc(Cl)ccc1NC(=O)N1CCSCC1. The van der Waals surface area contributed by atoms with Gasteiger partial charge in [-0.15, -0.1) is 0 Å². The molecule has 2 N–H and O–H groups in total. The number of nitrogens with zero attached hydrogens (tertiary/aromatic N) is 1. The van der Waals surface area contributed by atoms with E-state index >= 15 is 0 Å². The first-order valence-corrected chi connectivity index (χ1v) is 7.27. The van der Waals surface area contributed by atoms with Crippen molar-refractivity contribution in [3.63, 3.8) is 0 Å². The molecule has 2 rings (SSSR count). The van der Waals surface area contributed by atoms with Gasteiger partial charge < -0.3 is 15.3 Å². The maximum absolute atomic E-state index is 12.0. The lowest BCUT2D eigenvalue weighted by Gasteiger charge is -2.26. The van der Waals surface area contributed by atoms with Gasteiger partial charge in [-0.25, -0.2) is 9.59 Å². The standard InChI is InChI=1S/C12H13ClN2O3S/c13-8-1-2-10(9(7-8)11(16)17)14-12(18)15-3-5-19-6-4-15/h1-2,7H,3-6H2,(H,14,18)(H,16,17). The average molecular weight is 301 g/mol. The highest BCUT2D eigenvalue weighted by Crippen LogP contribution is 2.21. The Morgan fingerprint density at radius 2 is 2.00 bits per heavy atom. The number of carbonyl (C=O) groups is 2. The van der Waals surface area contributed by atoms with E-state index in [1.54, 1.807) is 22.7 Å². The third kappa shape index (κ3) is 3.54. The summed E-state index contributed by atoms with van der Waals surface area (Å²) in [6.07, 6.45) is 0. The van der Waals surface area contributed by atoms with Crippen LogP contribution in [0.25, 0.3) is 0 Å². The van der Waals surface area contributed by atoms with Crippen molar-refractivity contribution in [3.05, 3.63) is 28.8 Å². The number of hydrogen-bond donors (Lipinski definition) is 2. The molecule has 1 aliphatic heterocycles. The normalized spacial score (nSPS) is 15.1. The Bertz CT molecular complexity index is 504. The summed E-state index contributed by atoms with van der Waals surface area (Å²) in [7, 11) is 0. The zero-order valence-corrected chi connectivity index (χ0v) is 11.6. The van der Waals surface area contributed by atoms with E-state index in [9.17, 15) is 9.59 Å². The van der Waals surface area contributed by atoms with E-state index in [0.29, 0.717) is 18.1 Å². The molecule has 2 amide bonds. The summed E-state index contributed by atoms with van der Waals surface area (Å²) in [5.41, 5.74) is 0.257. The molecule has 0 bridgehead atoms. The first-order valence-electron chi connectivity index (χ1n) is 5.74. The number of hydrogen-bond acceptors (Lipinski definition) is 3. The first-order chi connectivity index (χ1) is 9.08. The molecule has 5 nitrogen and oxygen atoms in total. The molecule has 1 aromatic rings. The van der Waals surface area contributed by atoms with Crippen LogP contribution in [0.2, 0.25) is 5.02 Å². The van der Waals surface area contributed by atoms with Crippen LogP contribution in [0.1, 0.15) is 10.4 Å². The monoisotopic (exact) mass is 300 g/mol. The van der Waals surface area contributed by atoms with Crippen molar-refractivity contribution in [3.8, 4) is 0 Å². The Kier molecular flexibility index (Phi) is 4.55. The summed E-state index contributed by atoms with van der Waals surface area (Å²) in [4.78, 5) is 24.8. The van der Waals surface area contributed by atoms with Crippen LogP contribution < -0.4 is 5.32 Å². The molecule has 0 aliphatic carbocycles. The van der Waals surface area contributed by atoms with E-state index in [4.69, 9.17) is 16.7 Å². The number of benzene rings is 1. The lowest BCUT2D eigenvalue weighted by Crippen LogP contribution is -2.40. The molecule has 19 heavy (non-hydrogen) atoms. The molecule has 1 aliphatic rings. The molecule has 1 saturated heterocycles. The van der Waals surface area contributed by atoms with Gasteiger partial charge in [0, 0.05) is 29.6 Å². The first kappa shape index (κ1) is 14.0. The van der Waals surface area contributed by atoms with Crippen LogP contribution in [0.3, 0.4) is 0 Å². The van der Waals surface area contributed by atoms with Gasteiger partial charge in [0.15, 0.2) is 0 Å². The topological polar surface area (TPSA) is 69.6 Å². The number of nitrogens with one attached hydrogen (secondary N) is 1. The maximum atomic E-state index is 12.0. The van der Waals surface area contributed by atoms with Crippen molar-refractivity contribution < 1.29 is 14.7 Å². The number of carboxylic acid groups (broad SMARTS) is 1. The number of anilines is 1. The number of amides is 2. The summed E-state index contributed by atoms with van der Waals surface area (Å²) in [5.74, 6) is 0.687. The molecule has 0 aromatic heterocycles. The number of rotatable bonds is 2. The minimum absolute atomic E-state index is 0.00719. The summed E-state index contributed by atoms with van der Waals surface area (Å²) < 4.78 is 0. The fraction of sp³-hybridized carbons (Fsp3) is 0.333. The van der Waals surface area contributed by atoms with Gasteiger partial charge in [0.05, 0.1) is 11.3 Å². The number of aromatic carboxylic acids is 1. The lowest BCUT2D eigenvalue weighted by atomic mass is 10.2. The molecular formula is C12H13ClN2O3S. The quantitative estimate of drug-likeness (QED) is 0.881. The average Bonchev–Trinajstić information content (AvgIpc) is 2.41. The largest absolute Gasteiger partial charge is 0.478 e. The number of halogens is 1. The van der Waals surface area contributed by atoms with E-state index < -0.39 is 5.97 Å². The fourth-order valence-corrected chi connectivity index (χ4v) is 2.84. The molecule has 1 fully saturated rings. The third-order valence-corrected chi connectivity index (χ3v) is 3.93. The Hall–Kier alpha value is -1.40. The predicted octanol–water partition coefficient (Wildman–Crippen LogP) is 2.62. The van der Waals surface area contributed by atoms with Crippen LogP contribution in [-0.4, -0.2) is 46.6 Å². The van der Waals surface area contributed by atoms with Crippen LogP contribution in [0, 0.1) is 0 Å². The summed E-state index contributed by atoms with van der Waals surface area (Å²) >= 11 is 7.56. The van der Waals surface area contributed by atoms with Crippen LogP contribution in [0.15, 0.2) is 18.2 Å². The highest BCUT2D eigenvalue weighted by molar-refractivity contribution is 7.99. The lowest BCUT2D eigenvalue weighted by molar-refractivity contribution is 0.0698. The highest BCUT2D eigenvalue weighted by atomic mass is 35.5.